The summed E-state index contributed by atoms with van der Waals surface area (Å²) in [6.07, 6.45) is 1.79. The fraction of sp³-hybridized carbons (Fsp3) is 0.158. The lowest BCUT2D eigenvalue weighted by atomic mass is 10.2. The first-order valence-electron chi connectivity index (χ1n) is 8.06. The highest BCUT2D eigenvalue weighted by Crippen LogP contribution is 2.34. The molecule has 0 unspecified atom stereocenters. The molecule has 0 spiro atoms. The van der Waals surface area contributed by atoms with Gasteiger partial charge in [0.25, 0.3) is 0 Å². The minimum absolute atomic E-state index is 0.0216. The quantitative estimate of drug-likeness (QED) is 0.588. The van der Waals surface area contributed by atoms with Crippen LogP contribution in [0.4, 0.5) is 10.2 Å². The number of hydrogen-bond donors (Lipinski definition) is 1. The molecule has 0 saturated carbocycles. The van der Waals surface area contributed by atoms with Crippen LogP contribution >= 0.6 is 0 Å². The standard InChI is InChI=1S/C19H15FN4O2/c1-22-19-18(23-17-8-12(11-21)4-6-24(17)19)16-10-13-9-14(25-7-5-20)2-3-15(13)26-16/h2-4,6,8-10,22H,5,7H2,1H3. The summed E-state index contributed by atoms with van der Waals surface area (Å²) in [5.74, 6) is 1.94. The Labute approximate surface area is 148 Å². The highest BCUT2D eigenvalue weighted by atomic mass is 19.1. The van der Waals surface area contributed by atoms with Crippen molar-refractivity contribution in [3.05, 3.63) is 48.2 Å². The van der Waals surface area contributed by atoms with Crippen molar-refractivity contribution in [2.75, 3.05) is 25.6 Å². The first-order chi connectivity index (χ1) is 12.7. The second-order valence-electron chi connectivity index (χ2n) is 5.66. The Hall–Kier alpha value is -3.53. The number of hydrogen-bond acceptors (Lipinski definition) is 5. The van der Waals surface area contributed by atoms with Crippen LogP contribution in [0.1, 0.15) is 5.56 Å². The lowest BCUT2D eigenvalue weighted by Crippen LogP contribution is -1.97. The molecule has 0 aliphatic carbocycles. The number of furan rings is 1. The van der Waals surface area contributed by atoms with Gasteiger partial charge >= 0.3 is 0 Å². The molecule has 0 amide bonds. The normalized spacial score (nSPS) is 11.0. The van der Waals surface area contributed by atoms with Crippen LogP contribution in [-0.2, 0) is 0 Å². The number of nitrogens with one attached hydrogen (secondary N) is 1. The molecule has 3 aromatic heterocycles. The number of benzene rings is 1. The molecule has 1 aromatic carbocycles. The third-order valence-corrected chi connectivity index (χ3v) is 4.06. The van der Waals surface area contributed by atoms with Crippen LogP contribution in [0.2, 0.25) is 0 Å². The number of rotatable bonds is 5. The van der Waals surface area contributed by atoms with Crippen LogP contribution in [-0.4, -0.2) is 29.7 Å². The number of ether oxygens (including phenoxy) is 1. The van der Waals surface area contributed by atoms with E-state index < -0.39 is 6.67 Å². The van der Waals surface area contributed by atoms with E-state index in [4.69, 9.17) is 14.4 Å². The van der Waals surface area contributed by atoms with E-state index in [9.17, 15) is 4.39 Å². The van der Waals surface area contributed by atoms with E-state index in [0.717, 1.165) is 11.2 Å². The Morgan fingerprint density at radius 2 is 2.19 bits per heavy atom. The number of nitriles is 1. The Bertz CT molecular complexity index is 1140. The zero-order valence-corrected chi connectivity index (χ0v) is 14.0. The van der Waals surface area contributed by atoms with Gasteiger partial charge in [-0.25, -0.2) is 9.37 Å². The van der Waals surface area contributed by atoms with E-state index >= 15 is 0 Å². The molecule has 0 atom stereocenters. The van der Waals surface area contributed by atoms with E-state index in [2.05, 4.69) is 16.4 Å². The highest BCUT2D eigenvalue weighted by Gasteiger charge is 2.17. The molecule has 0 bridgehead atoms. The fourth-order valence-corrected chi connectivity index (χ4v) is 2.91. The predicted molar refractivity (Wildman–Crippen MR) is 96.1 cm³/mol. The molecule has 0 radical (unpaired) electrons. The summed E-state index contributed by atoms with van der Waals surface area (Å²) in [7, 11) is 1.80. The van der Waals surface area contributed by atoms with Gasteiger partial charge in [0.15, 0.2) is 5.76 Å². The summed E-state index contributed by atoms with van der Waals surface area (Å²) in [5.41, 5.74) is 2.52. The molecule has 6 nitrogen and oxygen atoms in total. The van der Waals surface area contributed by atoms with Gasteiger partial charge in [-0.2, -0.15) is 5.26 Å². The van der Waals surface area contributed by atoms with Crippen molar-refractivity contribution in [1.29, 1.82) is 5.26 Å². The Morgan fingerprint density at radius 3 is 2.96 bits per heavy atom. The molecular weight excluding hydrogens is 335 g/mol. The smallest absolute Gasteiger partial charge is 0.157 e. The molecule has 4 rings (SSSR count). The van der Waals surface area contributed by atoms with Gasteiger partial charge in [0, 0.05) is 18.6 Å². The lowest BCUT2D eigenvalue weighted by molar-refractivity contribution is 0.273. The average molecular weight is 350 g/mol. The van der Waals surface area contributed by atoms with Crippen molar-refractivity contribution < 1.29 is 13.5 Å². The maximum absolute atomic E-state index is 12.3. The maximum Gasteiger partial charge on any atom is 0.157 e. The number of fused-ring (bicyclic) bond motifs is 2. The number of anilines is 1. The van der Waals surface area contributed by atoms with Gasteiger partial charge in [0.2, 0.25) is 0 Å². The van der Waals surface area contributed by atoms with Crippen molar-refractivity contribution in [2.24, 2.45) is 0 Å². The Morgan fingerprint density at radius 1 is 1.31 bits per heavy atom. The van der Waals surface area contributed by atoms with Crippen molar-refractivity contribution in [3.63, 3.8) is 0 Å². The van der Waals surface area contributed by atoms with E-state index in [1.807, 2.05) is 10.5 Å². The van der Waals surface area contributed by atoms with E-state index in [0.29, 0.717) is 34.0 Å². The van der Waals surface area contributed by atoms with Crippen LogP contribution < -0.4 is 10.1 Å². The summed E-state index contributed by atoms with van der Waals surface area (Å²) in [4.78, 5) is 4.60. The number of imidazole rings is 1. The van der Waals surface area contributed by atoms with Crippen molar-refractivity contribution in [1.82, 2.24) is 9.38 Å². The SMILES string of the molecule is CNc1c(-c2cc3cc(OCCF)ccc3o2)nc2cc(C#N)ccn12. The molecular formula is C19H15FN4O2. The minimum atomic E-state index is -0.536. The van der Waals surface area contributed by atoms with Crippen LogP contribution in [0.3, 0.4) is 0 Å². The van der Waals surface area contributed by atoms with Gasteiger partial charge in [-0.1, -0.05) is 0 Å². The molecule has 0 aliphatic heterocycles. The van der Waals surface area contributed by atoms with Gasteiger partial charge in [-0.3, -0.25) is 4.40 Å². The summed E-state index contributed by atoms with van der Waals surface area (Å²) in [6, 6.07) is 12.8. The second kappa shape index (κ2) is 6.41. The Balaban J connectivity index is 1.82. The first-order valence-corrected chi connectivity index (χ1v) is 8.06. The molecule has 0 fully saturated rings. The third kappa shape index (κ3) is 2.62. The first kappa shape index (κ1) is 16.0. The predicted octanol–water partition coefficient (Wildman–Crippen LogP) is 4.01. The summed E-state index contributed by atoms with van der Waals surface area (Å²) >= 11 is 0. The average Bonchev–Trinajstić information content (AvgIpc) is 3.25. The van der Waals surface area contributed by atoms with Gasteiger partial charge in [-0.15, -0.1) is 0 Å². The number of aromatic nitrogens is 2. The molecule has 7 heteroatoms. The largest absolute Gasteiger partial charge is 0.491 e. The van der Waals surface area contributed by atoms with Crippen molar-refractivity contribution in [2.45, 2.75) is 0 Å². The highest BCUT2D eigenvalue weighted by molar-refractivity contribution is 5.86. The third-order valence-electron chi connectivity index (χ3n) is 4.06. The number of halogens is 1. The van der Waals surface area contributed by atoms with Crippen molar-refractivity contribution in [3.8, 4) is 23.3 Å². The topological polar surface area (TPSA) is 75.5 Å². The van der Waals surface area contributed by atoms with E-state index in [1.54, 1.807) is 43.6 Å². The molecule has 3 heterocycles. The van der Waals surface area contributed by atoms with Gasteiger partial charge in [-0.05, 0) is 36.4 Å². The molecule has 0 saturated heterocycles. The minimum Gasteiger partial charge on any atom is -0.491 e. The second-order valence-corrected chi connectivity index (χ2v) is 5.66. The lowest BCUT2D eigenvalue weighted by Gasteiger charge is -2.02. The number of nitrogens with zero attached hydrogens (tertiary/aromatic N) is 3. The van der Waals surface area contributed by atoms with E-state index in [1.165, 1.54) is 0 Å². The van der Waals surface area contributed by atoms with Crippen LogP contribution in [0.25, 0.3) is 28.1 Å². The van der Waals surface area contributed by atoms with Gasteiger partial charge in [0.05, 0.1) is 11.6 Å². The monoisotopic (exact) mass is 350 g/mol. The molecule has 1 N–H and O–H groups in total. The fourth-order valence-electron chi connectivity index (χ4n) is 2.91. The van der Waals surface area contributed by atoms with Gasteiger partial charge in [0.1, 0.15) is 41.8 Å². The van der Waals surface area contributed by atoms with Crippen molar-refractivity contribution >= 4 is 22.4 Å². The van der Waals surface area contributed by atoms with Crippen LogP contribution in [0.5, 0.6) is 5.75 Å². The summed E-state index contributed by atoms with van der Waals surface area (Å²) in [6.45, 7) is -0.514. The summed E-state index contributed by atoms with van der Waals surface area (Å²) < 4.78 is 25.4. The maximum atomic E-state index is 12.3. The van der Waals surface area contributed by atoms with Crippen LogP contribution in [0.15, 0.2) is 47.0 Å². The molecule has 0 aliphatic rings. The van der Waals surface area contributed by atoms with E-state index in [-0.39, 0.29) is 6.61 Å². The number of alkyl halides is 1. The van der Waals surface area contributed by atoms with Gasteiger partial charge < -0.3 is 14.5 Å². The molecule has 130 valence electrons. The molecule has 26 heavy (non-hydrogen) atoms. The Kier molecular flexibility index (Phi) is 3.93. The summed E-state index contributed by atoms with van der Waals surface area (Å²) in [5, 5.41) is 13.0. The number of pyridine rings is 1. The molecule has 4 aromatic rings. The zero-order valence-electron chi connectivity index (χ0n) is 14.0. The van der Waals surface area contributed by atoms with Crippen LogP contribution in [0, 0.1) is 11.3 Å². The zero-order chi connectivity index (χ0) is 18.1.